The number of anilines is 1. The summed E-state index contributed by atoms with van der Waals surface area (Å²) in [7, 11) is 1.83. The summed E-state index contributed by atoms with van der Waals surface area (Å²) in [5.41, 5.74) is 3.56. The summed E-state index contributed by atoms with van der Waals surface area (Å²) in [6.45, 7) is 15.7. The summed E-state index contributed by atoms with van der Waals surface area (Å²) in [4.78, 5) is 28.5. The van der Waals surface area contributed by atoms with Crippen molar-refractivity contribution in [2.75, 3.05) is 18.5 Å². The average Bonchev–Trinajstić information content (AvgIpc) is 3.57. The van der Waals surface area contributed by atoms with Crippen LogP contribution in [-0.4, -0.2) is 47.4 Å². The van der Waals surface area contributed by atoms with Crippen LogP contribution in [0.5, 0.6) is 0 Å². The first-order valence-corrected chi connectivity index (χ1v) is 14.2. The fourth-order valence-corrected chi connectivity index (χ4v) is 3.98. The van der Waals surface area contributed by atoms with Crippen LogP contribution in [0.3, 0.4) is 0 Å². The number of benzene rings is 1. The van der Waals surface area contributed by atoms with E-state index in [1.807, 2.05) is 50.8 Å². The fraction of sp³-hybridized carbons (Fsp3) is 0.483. The predicted molar refractivity (Wildman–Crippen MR) is 159 cm³/mol. The van der Waals surface area contributed by atoms with E-state index in [0.717, 1.165) is 35.8 Å². The third kappa shape index (κ3) is 10.8. The summed E-state index contributed by atoms with van der Waals surface area (Å²) in [6, 6.07) is 9.71. The van der Waals surface area contributed by atoms with Crippen LogP contribution in [0.1, 0.15) is 69.8 Å². The number of nitrogens with zero attached hydrogens (tertiary/aromatic N) is 2. The van der Waals surface area contributed by atoms with Gasteiger partial charge in [-0.15, -0.1) is 11.3 Å². The molecule has 2 heterocycles. The summed E-state index contributed by atoms with van der Waals surface area (Å²) in [5, 5.41) is 7.72. The van der Waals surface area contributed by atoms with Gasteiger partial charge in [0.25, 0.3) is 5.91 Å². The van der Waals surface area contributed by atoms with E-state index >= 15 is 0 Å². The Hall–Kier alpha value is -2.91. The number of aromatic nitrogens is 2. The van der Waals surface area contributed by atoms with Gasteiger partial charge in [0.1, 0.15) is 0 Å². The Morgan fingerprint density at radius 1 is 1.24 bits per heavy atom. The second-order valence-corrected chi connectivity index (χ2v) is 10.9. The molecule has 0 saturated carbocycles. The molecule has 1 aromatic carbocycles. The number of thiazole rings is 1. The standard InChI is InChI=1S/C18H18BN4O2S.C11H24O/c1-12-4-3-5-13(8-12)15-11-26-18(21-15)22-16(24)9-20-17(25)14-6-7-23(10-14)19-2;1-6-10(3)8-9-12-11(4,5)7-2/h3-8,10-11H,9H2,1-2H3,(H,20,25)(H,21,22,24);10H,6-9H2,1-5H3. The SMILES string of the molecule is CCC(C)CCOC(C)(C)CC.C[B]n1ccc(C(=O)NCC(=O)Nc2nc(-c3cccc(C)c3)cs2)c1. The van der Waals surface area contributed by atoms with Crippen molar-refractivity contribution in [3.8, 4) is 11.3 Å². The molecule has 205 valence electrons. The second kappa shape index (κ2) is 15.5. The summed E-state index contributed by atoms with van der Waals surface area (Å²) in [6.07, 6.45) is 7.02. The molecule has 1 radical (unpaired) electrons. The van der Waals surface area contributed by atoms with Crippen molar-refractivity contribution in [2.45, 2.75) is 73.2 Å². The highest BCUT2D eigenvalue weighted by atomic mass is 32.1. The molecule has 0 bridgehead atoms. The van der Waals surface area contributed by atoms with Gasteiger partial charge in [-0.1, -0.05) is 57.8 Å². The fourth-order valence-electron chi connectivity index (χ4n) is 3.24. The van der Waals surface area contributed by atoms with Crippen LogP contribution in [0, 0.1) is 12.8 Å². The van der Waals surface area contributed by atoms with Gasteiger partial charge in [0.05, 0.1) is 23.4 Å². The summed E-state index contributed by atoms with van der Waals surface area (Å²) < 4.78 is 7.53. The van der Waals surface area contributed by atoms with Crippen molar-refractivity contribution in [3.63, 3.8) is 0 Å². The molecule has 3 aromatic rings. The van der Waals surface area contributed by atoms with Crippen molar-refractivity contribution in [3.05, 3.63) is 59.2 Å². The monoisotopic (exact) mass is 537 g/mol. The van der Waals surface area contributed by atoms with Crippen molar-refractivity contribution in [2.24, 2.45) is 5.92 Å². The smallest absolute Gasteiger partial charge is 0.253 e. The van der Waals surface area contributed by atoms with E-state index in [1.54, 1.807) is 22.9 Å². The molecule has 1 atom stereocenters. The van der Waals surface area contributed by atoms with Crippen molar-refractivity contribution >= 4 is 35.7 Å². The third-order valence-corrected chi connectivity index (χ3v) is 7.16. The van der Waals surface area contributed by atoms with Crippen LogP contribution in [0.15, 0.2) is 48.1 Å². The molecule has 38 heavy (non-hydrogen) atoms. The number of amides is 2. The van der Waals surface area contributed by atoms with E-state index in [1.165, 1.54) is 24.2 Å². The van der Waals surface area contributed by atoms with Gasteiger partial charge in [-0.3, -0.25) is 9.59 Å². The molecule has 0 aliphatic carbocycles. The van der Waals surface area contributed by atoms with Crippen LogP contribution in [0.2, 0.25) is 6.82 Å². The number of carbonyl (C=O) groups excluding carboxylic acids is 2. The first kappa shape index (κ1) is 31.3. The van der Waals surface area contributed by atoms with Gasteiger partial charge in [0.2, 0.25) is 13.3 Å². The van der Waals surface area contributed by atoms with E-state index < -0.39 is 0 Å². The van der Waals surface area contributed by atoms with E-state index in [2.05, 4.69) is 50.2 Å². The Morgan fingerprint density at radius 3 is 2.63 bits per heavy atom. The lowest BCUT2D eigenvalue weighted by Crippen LogP contribution is -2.32. The third-order valence-electron chi connectivity index (χ3n) is 6.40. The largest absolute Gasteiger partial charge is 0.402 e. The second-order valence-electron chi connectivity index (χ2n) is 10.0. The van der Waals surface area contributed by atoms with Gasteiger partial charge < -0.3 is 19.8 Å². The Morgan fingerprint density at radius 2 is 2.00 bits per heavy atom. The molecule has 0 aliphatic heterocycles. The summed E-state index contributed by atoms with van der Waals surface area (Å²) in [5.74, 6) is 0.197. The van der Waals surface area contributed by atoms with Crippen LogP contribution in [0.4, 0.5) is 5.13 Å². The number of ether oxygens (including phenoxy) is 1. The highest BCUT2D eigenvalue weighted by Gasteiger charge is 2.15. The normalized spacial score (nSPS) is 11.8. The first-order valence-electron chi connectivity index (χ1n) is 13.3. The minimum Gasteiger partial charge on any atom is -0.402 e. The van der Waals surface area contributed by atoms with Crippen LogP contribution in [0.25, 0.3) is 11.3 Å². The van der Waals surface area contributed by atoms with E-state index in [-0.39, 0.29) is 24.0 Å². The van der Waals surface area contributed by atoms with Gasteiger partial charge in [-0.05, 0) is 57.9 Å². The van der Waals surface area contributed by atoms with Gasteiger partial charge in [-0.2, -0.15) is 0 Å². The molecule has 7 nitrogen and oxygen atoms in total. The lowest BCUT2D eigenvalue weighted by atomic mass is 10.0. The van der Waals surface area contributed by atoms with Crippen LogP contribution >= 0.6 is 11.3 Å². The quantitative estimate of drug-likeness (QED) is 0.261. The Bertz CT molecular complexity index is 1160. The molecule has 3 rings (SSSR count). The van der Waals surface area contributed by atoms with E-state index in [9.17, 15) is 9.59 Å². The first-order chi connectivity index (χ1) is 18.1. The molecular weight excluding hydrogens is 495 g/mol. The topological polar surface area (TPSA) is 85.2 Å². The minimum atomic E-state index is -0.315. The average molecular weight is 538 g/mol. The molecule has 0 aliphatic rings. The molecule has 2 amide bonds. The Labute approximate surface area is 232 Å². The molecule has 2 aromatic heterocycles. The van der Waals surface area contributed by atoms with E-state index in [0.29, 0.717) is 10.7 Å². The van der Waals surface area contributed by atoms with Crippen molar-refractivity contribution in [1.82, 2.24) is 14.8 Å². The molecule has 0 fully saturated rings. The Balaban J connectivity index is 0.000000358. The lowest BCUT2D eigenvalue weighted by Gasteiger charge is -2.24. The number of hydrogen-bond acceptors (Lipinski definition) is 5. The number of aryl methyl sites for hydroxylation is 1. The molecule has 2 N–H and O–H groups in total. The number of carbonyl (C=O) groups is 2. The van der Waals surface area contributed by atoms with Gasteiger partial charge in [-0.25, -0.2) is 4.98 Å². The maximum Gasteiger partial charge on any atom is 0.253 e. The zero-order valence-electron chi connectivity index (χ0n) is 23.8. The number of rotatable bonds is 12. The zero-order chi connectivity index (χ0) is 28.1. The highest BCUT2D eigenvalue weighted by molar-refractivity contribution is 7.14. The van der Waals surface area contributed by atoms with E-state index in [4.69, 9.17) is 4.74 Å². The Kier molecular flexibility index (Phi) is 12.8. The molecule has 0 spiro atoms. The number of nitrogens with one attached hydrogen (secondary N) is 2. The number of hydrogen-bond donors (Lipinski definition) is 2. The molecule has 0 saturated heterocycles. The molecule has 9 heteroatoms. The maximum atomic E-state index is 12.0. The maximum absolute atomic E-state index is 12.0. The van der Waals surface area contributed by atoms with Gasteiger partial charge in [0, 0.05) is 23.7 Å². The van der Waals surface area contributed by atoms with Crippen molar-refractivity contribution < 1.29 is 14.3 Å². The predicted octanol–water partition coefficient (Wildman–Crippen LogP) is 6.43. The van der Waals surface area contributed by atoms with Gasteiger partial charge >= 0.3 is 0 Å². The lowest BCUT2D eigenvalue weighted by molar-refractivity contribution is -0.115. The van der Waals surface area contributed by atoms with Crippen LogP contribution < -0.4 is 10.6 Å². The molecular formula is C29H42BN4O3S. The highest BCUT2D eigenvalue weighted by Crippen LogP contribution is 2.25. The van der Waals surface area contributed by atoms with Crippen LogP contribution in [-0.2, 0) is 9.53 Å². The zero-order valence-corrected chi connectivity index (χ0v) is 24.7. The van der Waals surface area contributed by atoms with Gasteiger partial charge in [0.15, 0.2) is 5.13 Å². The minimum absolute atomic E-state index is 0.0768. The molecule has 1 unspecified atom stereocenters. The summed E-state index contributed by atoms with van der Waals surface area (Å²) >= 11 is 1.35. The van der Waals surface area contributed by atoms with Crippen molar-refractivity contribution in [1.29, 1.82) is 0 Å².